The predicted molar refractivity (Wildman–Crippen MR) is 118 cm³/mol. The molecule has 1 amide bonds. The average molecular weight is 445 g/mol. The molecule has 0 saturated carbocycles. The standard InChI is InChI=1S/C22H25ClN4O2S/c1-14-9-26(10-15(2)29-14)22(28)21-18(27-12-17(23)3-4-20(27)24-21)13-25-7-5-19-16(11-25)6-8-30-19/h3-4,6,8,12,14-15H,5,7,9-11,13H2,1-2H3/t14-,15+. The van der Waals surface area contributed by atoms with E-state index in [4.69, 9.17) is 21.3 Å². The fourth-order valence-electron chi connectivity index (χ4n) is 4.54. The summed E-state index contributed by atoms with van der Waals surface area (Å²) in [5.74, 6) is -0.0277. The minimum Gasteiger partial charge on any atom is -0.372 e. The lowest BCUT2D eigenvalue weighted by Gasteiger charge is -2.35. The van der Waals surface area contributed by atoms with Crippen LogP contribution in [0.2, 0.25) is 5.02 Å². The number of imidazole rings is 1. The Bertz CT molecular complexity index is 1080. The fourth-order valence-corrected chi connectivity index (χ4v) is 5.59. The molecule has 5 heterocycles. The molecule has 0 radical (unpaired) electrons. The van der Waals surface area contributed by atoms with E-state index < -0.39 is 0 Å². The molecule has 5 rings (SSSR count). The van der Waals surface area contributed by atoms with Crippen LogP contribution < -0.4 is 0 Å². The largest absolute Gasteiger partial charge is 0.372 e. The summed E-state index contributed by atoms with van der Waals surface area (Å²) >= 11 is 8.12. The fraction of sp³-hybridized carbons (Fsp3) is 0.455. The van der Waals surface area contributed by atoms with Gasteiger partial charge in [0.05, 0.1) is 22.9 Å². The number of hydrogen-bond acceptors (Lipinski definition) is 5. The van der Waals surface area contributed by atoms with Crippen LogP contribution in [0.4, 0.5) is 0 Å². The van der Waals surface area contributed by atoms with Gasteiger partial charge in [-0.15, -0.1) is 11.3 Å². The number of morpholine rings is 1. The quantitative estimate of drug-likeness (QED) is 0.615. The van der Waals surface area contributed by atoms with Crippen molar-refractivity contribution < 1.29 is 9.53 Å². The molecule has 2 atom stereocenters. The SMILES string of the molecule is C[C@@H]1CN(C(=O)c2nc3ccc(Cl)cn3c2CN2CCc3sccc3C2)C[C@H](C)O1. The van der Waals surface area contributed by atoms with E-state index in [-0.39, 0.29) is 18.1 Å². The van der Waals surface area contributed by atoms with Crippen LogP contribution in [-0.4, -0.2) is 56.9 Å². The first-order valence-electron chi connectivity index (χ1n) is 10.4. The molecule has 2 aliphatic heterocycles. The second-order valence-corrected chi connectivity index (χ2v) is 9.72. The van der Waals surface area contributed by atoms with Crippen LogP contribution in [0.3, 0.4) is 0 Å². The number of aromatic nitrogens is 2. The van der Waals surface area contributed by atoms with E-state index in [2.05, 4.69) is 16.3 Å². The van der Waals surface area contributed by atoms with Gasteiger partial charge >= 0.3 is 0 Å². The van der Waals surface area contributed by atoms with Crippen molar-refractivity contribution in [2.24, 2.45) is 0 Å². The second kappa shape index (κ2) is 7.96. The van der Waals surface area contributed by atoms with Crippen molar-refractivity contribution in [1.82, 2.24) is 19.2 Å². The average Bonchev–Trinajstić information content (AvgIpc) is 3.31. The smallest absolute Gasteiger partial charge is 0.274 e. The molecule has 0 bridgehead atoms. The normalized spacial score (nSPS) is 22.4. The third kappa shape index (κ3) is 3.75. The van der Waals surface area contributed by atoms with E-state index in [0.29, 0.717) is 30.4 Å². The van der Waals surface area contributed by atoms with Crippen molar-refractivity contribution in [3.05, 3.63) is 56.6 Å². The zero-order valence-corrected chi connectivity index (χ0v) is 18.7. The minimum absolute atomic E-state index is 0.0201. The van der Waals surface area contributed by atoms with E-state index in [1.807, 2.05) is 52.8 Å². The molecular formula is C22H25ClN4O2S. The molecule has 0 unspecified atom stereocenters. The number of thiophene rings is 1. The van der Waals surface area contributed by atoms with Crippen LogP contribution >= 0.6 is 22.9 Å². The zero-order valence-electron chi connectivity index (χ0n) is 17.2. The van der Waals surface area contributed by atoms with Gasteiger partial charge in [0.25, 0.3) is 5.91 Å². The van der Waals surface area contributed by atoms with Crippen LogP contribution in [0.25, 0.3) is 5.65 Å². The Morgan fingerprint density at radius 2 is 2.07 bits per heavy atom. The molecule has 0 N–H and O–H groups in total. The summed E-state index contributed by atoms with van der Waals surface area (Å²) in [5.41, 5.74) is 3.57. The maximum Gasteiger partial charge on any atom is 0.274 e. The molecule has 158 valence electrons. The van der Waals surface area contributed by atoms with Crippen molar-refractivity contribution >= 4 is 34.5 Å². The first-order valence-corrected chi connectivity index (χ1v) is 11.6. The Kier molecular flexibility index (Phi) is 5.31. The predicted octanol–water partition coefficient (Wildman–Crippen LogP) is 3.86. The van der Waals surface area contributed by atoms with Gasteiger partial charge in [0.2, 0.25) is 0 Å². The Hall–Kier alpha value is -1.93. The zero-order chi connectivity index (χ0) is 20.8. The van der Waals surface area contributed by atoms with Gasteiger partial charge in [0.15, 0.2) is 5.69 Å². The molecule has 30 heavy (non-hydrogen) atoms. The van der Waals surface area contributed by atoms with Crippen LogP contribution in [0.1, 0.15) is 40.5 Å². The van der Waals surface area contributed by atoms with Gasteiger partial charge in [0, 0.05) is 43.8 Å². The maximum atomic E-state index is 13.5. The molecule has 3 aromatic heterocycles. The number of carbonyl (C=O) groups is 1. The third-order valence-corrected chi connectivity index (χ3v) is 7.10. The first-order chi connectivity index (χ1) is 14.5. The summed E-state index contributed by atoms with van der Waals surface area (Å²) < 4.78 is 7.79. The van der Waals surface area contributed by atoms with E-state index in [1.54, 1.807) is 0 Å². The highest BCUT2D eigenvalue weighted by atomic mass is 35.5. The summed E-state index contributed by atoms with van der Waals surface area (Å²) in [7, 11) is 0. The lowest BCUT2D eigenvalue weighted by molar-refractivity contribution is -0.0587. The Morgan fingerprint density at radius 1 is 1.27 bits per heavy atom. The summed E-state index contributed by atoms with van der Waals surface area (Å²) in [6, 6.07) is 5.90. The van der Waals surface area contributed by atoms with Gasteiger partial charge in [-0.1, -0.05) is 11.6 Å². The van der Waals surface area contributed by atoms with E-state index >= 15 is 0 Å². The summed E-state index contributed by atoms with van der Waals surface area (Å²) in [4.78, 5) is 24.0. The highest BCUT2D eigenvalue weighted by molar-refractivity contribution is 7.10. The molecule has 1 saturated heterocycles. The maximum absolute atomic E-state index is 13.5. The van der Waals surface area contributed by atoms with Crippen LogP contribution in [0.5, 0.6) is 0 Å². The number of pyridine rings is 1. The number of amides is 1. The number of halogens is 1. The van der Waals surface area contributed by atoms with E-state index in [0.717, 1.165) is 30.9 Å². The van der Waals surface area contributed by atoms with Gasteiger partial charge in [0.1, 0.15) is 5.65 Å². The molecule has 3 aromatic rings. The lowest BCUT2D eigenvalue weighted by Crippen LogP contribution is -2.48. The monoisotopic (exact) mass is 444 g/mol. The Balaban J connectivity index is 1.49. The molecule has 0 aliphatic carbocycles. The van der Waals surface area contributed by atoms with Crippen LogP contribution in [0, 0.1) is 0 Å². The Labute approximate surface area is 185 Å². The van der Waals surface area contributed by atoms with Gasteiger partial charge in [-0.05, 0) is 49.4 Å². The summed E-state index contributed by atoms with van der Waals surface area (Å²) in [5, 5.41) is 2.80. The van der Waals surface area contributed by atoms with E-state index in [1.165, 1.54) is 10.4 Å². The van der Waals surface area contributed by atoms with E-state index in [9.17, 15) is 4.79 Å². The van der Waals surface area contributed by atoms with Crippen molar-refractivity contribution in [3.63, 3.8) is 0 Å². The molecular weight excluding hydrogens is 420 g/mol. The topological polar surface area (TPSA) is 50.1 Å². The highest BCUT2D eigenvalue weighted by Gasteiger charge is 2.31. The minimum atomic E-state index is -0.0277. The third-order valence-electron chi connectivity index (χ3n) is 5.85. The summed E-state index contributed by atoms with van der Waals surface area (Å²) in [6.45, 7) is 7.71. The molecule has 2 aliphatic rings. The van der Waals surface area contributed by atoms with Gasteiger partial charge in [-0.2, -0.15) is 0 Å². The van der Waals surface area contributed by atoms with Gasteiger partial charge in [-0.25, -0.2) is 4.98 Å². The molecule has 6 nitrogen and oxygen atoms in total. The molecule has 0 aromatic carbocycles. The number of rotatable bonds is 3. The van der Waals surface area contributed by atoms with Crippen molar-refractivity contribution in [3.8, 4) is 0 Å². The molecule has 1 fully saturated rings. The van der Waals surface area contributed by atoms with Crippen LogP contribution in [0.15, 0.2) is 29.8 Å². The number of fused-ring (bicyclic) bond motifs is 2. The first kappa shape index (κ1) is 20.0. The van der Waals surface area contributed by atoms with Gasteiger partial charge in [-0.3, -0.25) is 9.69 Å². The van der Waals surface area contributed by atoms with Gasteiger partial charge < -0.3 is 14.0 Å². The lowest BCUT2D eigenvalue weighted by atomic mass is 10.1. The molecule has 8 heteroatoms. The number of carbonyl (C=O) groups excluding carboxylic acids is 1. The number of ether oxygens (including phenoxy) is 1. The van der Waals surface area contributed by atoms with Crippen molar-refractivity contribution in [1.29, 1.82) is 0 Å². The summed E-state index contributed by atoms with van der Waals surface area (Å²) in [6.07, 6.45) is 2.95. The Morgan fingerprint density at radius 3 is 2.87 bits per heavy atom. The van der Waals surface area contributed by atoms with Crippen molar-refractivity contribution in [2.45, 2.75) is 45.6 Å². The second-order valence-electron chi connectivity index (χ2n) is 8.28. The molecule has 0 spiro atoms. The number of hydrogen-bond donors (Lipinski definition) is 0. The number of nitrogens with zero attached hydrogens (tertiary/aromatic N) is 4. The highest BCUT2D eigenvalue weighted by Crippen LogP contribution is 2.27. The van der Waals surface area contributed by atoms with Crippen LogP contribution in [-0.2, 0) is 24.2 Å². The van der Waals surface area contributed by atoms with Crippen molar-refractivity contribution in [2.75, 3.05) is 19.6 Å².